The Morgan fingerprint density at radius 3 is 1.85 bits per heavy atom. The number of hydrogen-bond donors (Lipinski definition) is 0. The van der Waals surface area contributed by atoms with Crippen molar-refractivity contribution in [1.29, 1.82) is 0 Å². The summed E-state index contributed by atoms with van der Waals surface area (Å²) in [5, 5.41) is 2.69. The summed E-state index contributed by atoms with van der Waals surface area (Å²) < 4.78 is 4.04. The fourth-order valence-corrected chi connectivity index (χ4v) is 25.2. The van der Waals surface area contributed by atoms with Crippen LogP contribution in [0.4, 0.5) is 0 Å². The number of hydrogen-bond acceptors (Lipinski definition) is 0. The van der Waals surface area contributed by atoms with Crippen LogP contribution in [0.2, 0.25) is 3.63 Å². The molecule has 0 heterocycles. The van der Waals surface area contributed by atoms with Gasteiger partial charge in [-0.3, -0.25) is 0 Å². The van der Waals surface area contributed by atoms with E-state index in [1.807, 2.05) is 0 Å². The summed E-state index contributed by atoms with van der Waals surface area (Å²) >= 11 is -2.90. The van der Waals surface area contributed by atoms with Crippen LogP contribution in [0, 0.1) is 55.2 Å². The number of fused-ring (bicyclic) bond motifs is 9. The van der Waals surface area contributed by atoms with Crippen molar-refractivity contribution in [2.45, 2.75) is 93.6 Å². The molecule has 284 valence electrons. The second kappa shape index (κ2) is 13.0. The quantitative estimate of drug-likeness (QED) is 0.297. The first-order chi connectivity index (χ1) is 24.3. The van der Waals surface area contributed by atoms with Crippen molar-refractivity contribution >= 4 is 14.0 Å². The van der Waals surface area contributed by atoms with Crippen LogP contribution in [0.25, 0.3) is 10.8 Å². The molecule has 0 aromatic heterocycles. The van der Waals surface area contributed by atoms with E-state index < -0.39 is 21.3 Å². The number of rotatable bonds is 3. The molecule has 6 aliphatic carbocycles. The molecule has 0 saturated heterocycles. The number of benzene rings is 2. The Morgan fingerprint density at radius 1 is 0.704 bits per heavy atom. The molecule has 2 aromatic carbocycles. The first-order valence-corrected chi connectivity index (χ1v) is 23.9. The van der Waals surface area contributed by atoms with E-state index in [0.29, 0.717) is 15.5 Å². The third-order valence-corrected chi connectivity index (χ3v) is 27.3. The zero-order valence-corrected chi connectivity index (χ0v) is 39.0. The van der Waals surface area contributed by atoms with Crippen LogP contribution in [0.1, 0.15) is 95.6 Å². The molecule has 0 radical (unpaired) electrons. The van der Waals surface area contributed by atoms with E-state index in [9.17, 15) is 0 Å². The summed E-state index contributed by atoms with van der Waals surface area (Å²) in [6.07, 6.45) is 33.2. The smallest absolute Gasteiger partial charge is 1.00 e. The minimum absolute atomic E-state index is 0. The molecule has 6 aliphatic rings. The predicted octanol–water partition coefficient (Wildman–Crippen LogP) is 7.76. The largest absolute Gasteiger partial charge is 1.00 e. The van der Waals surface area contributed by atoms with Crippen molar-refractivity contribution in [3.05, 3.63) is 141 Å². The molecule has 0 bridgehead atoms. The fourth-order valence-electron chi connectivity index (χ4n) is 13.9. The Bertz CT molecular complexity index is 2200. The van der Waals surface area contributed by atoms with Crippen LogP contribution in [0.3, 0.4) is 0 Å². The number of halogens is 2. The average Bonchev–Trinajstić information content (AvgIpc) is 3.57. The Kier molecular flexibility index (Phi) is 10.00. The molecule has 8 rings (SSSR count). The summed E-state index contributed by atoms with van der Waals surface area (Å²) in [6.45, 7) is 33.8. The Morgan fingerprint density at radius 2 is 1.26 bits per heavy atom. The van der Waals surface area contributed by atoms with Crippen LogP contribution in [-0.2, 0) is 21.3 Å². The van der Waals surface area contributed by atoms with E-state index in [0.717, 1.165) is 0 Å². The molecule has 54 heavy (non-hydrogen) atoms. The Balaban J connectivity index is 0.00000249. The standard InChI is InChI=1S/C29H37.C12H10.C10H15.2ClH.Zr/c1-21-14-13-15-22-20-27(6)25(4)18-10-9-16-23(25,2)24(3)17-11-12-19-26(24,5)29(27,8)28(21,22)7;1-2-10-7-8-11-5-3-4-6-12(11)9-10;1-8-5-6-9(7-8)10(2,3)4;;;/h9-20,22H,1-8H3;3-9H,1H3;6-8H,1-4H3;2*1H;/q;;;;;+2/p-2. The minimum atomic E-state index is -2.90. The molecule has 2 saturated carbocycles. The van der Waals surface area contributed by atoms with Crippen LogP contribution < -0.4 is 24.8 Å². The summed E-state index contributed by atoms with van der Waals surface area (Å²) in [5.41, 5.74) is 4.11. The summed E-state index contributed by atoms with van der Waals surface area (Å²) in [7, 11) is 0. The van der Waals surface area contributed by atoms with Crippen LogP contribution in [0.15, 0.2) is 136 Å². The second-order valence-corrected chi connectivity index (χ2v) is 26.7. The zero-order chi connectivity index (χ0) is 37.5. The van der Waals surface area contributed by atoms with E-state index >= 15 is 0 Å². The van der Waals surface area contributed by atoms with Crippen LogP contribution in [-0.4, -0.2) is 3.21 Å². The maximum Gasteiger partial charge on any atom is -1.00 e. The van der Waals surface area contributed by atoms with Gasteiger partial charge in [-0.25, -0.2) is 0 Å². The van der Waals surface area contributed by atoms with Crippen molar-refractivity contribution in [3.8, 4) is 0 Å². The maximum atomic E-state index is 2.83. The third-order valence-electron chi connectivity index (χ3n) is 17.8. The van der Waals surface area contributed by atoms with E-state index in [-0.39, 0.29) is 68.1 Å². The van der Waals surface area contributed by atoms with Crippen LogP contribution in [0.5, 0.6) is 0 Å². The van der Waals surface area contributed by atoms with Gasteiger partial charge in [0, 0.05) is 0 Å². The monoisotopic (exact) mass is 834 g/mol. The van der Waals surface area contributed by atoms with Gasteiger partial charge in [-0.15, -0.1) is 0 Å². The summed E-state index contributed by atoms with van der Waals surface area (Å²) in [6, 6.07) is 16.3. The van der Waals surface area contributed by atoms with Crippen molar-refractivity contribution in [2.24, 2.45) is 55.2 Å². The van der Waals surface area contributed by atoms with E-state index in [1.54, 1.807) is 12.1 Å². The van der Waals surface area contributed by atoms with E-state index in [2.05, 4.69) is 211 Å². The van der Waals surface area contributed by atoms with Gasteiger partial charge in [0.15, 0.2) is 0 Å². The SMILES string of the molecule is CC1=CC=CC2[CH](/[Zr+2]([C]3=CC(C(C)(C)C)=CC3C)=[C](\C)c3ccc4ccccc4c3)C3(C)C4(C)C=CC=CC4(C)C4(C)C=CC=CC4(C)C3(C)C12C.[Cl-].[Cl-]. The molecule has 0 spiro atoms. The molecular formula is C51H62Cl2Zr. The van der Waals surface area contributed by atoms with Gasteiger partial charge in [-0.05, 0) is 0 Å². The molecule has 2 fully saturated rings. The molecule has 0 nitrogen and oxygen atoms in total. The third kappa shape index (κ3) is 4.62. The van der Waals surface area contributed by atoms with Gasteiger partial charge in [-0.1, -0.05) is 0 Å². The average molecular weight is 837 g/mol. The van der Waals surface area contributed by atoms with Crippen molar-refractivity contribution in [2.75, 3.05) is 0 Å². The summed E-state index contributed by atoms with van der Waals surface area (Å²) in [4.78, 5) is 0. The van der Waals surface area contributed by atoms with E-state index in [1.165, 1.54) is 21.9 Å². The van der Waals surface area contributed by atoms with Crippen molar-refractivity contribution < 1.29 is 46.1 Å². The van der Waals surface area contributed by atoms with E-state index in [4.69, 9.17) is 0 Å². The van der Waals surface area contributed by atoms with Gasteiger partial charge in [0.2, 0.25) is 0 Å². The van der Waals surface area contributed by atoms with Gasteiger partial charge in [0.05, 0.1) is 0 Å². The van der Waals surface area contributed by atoms with Gasteiger partial charge in [0.25, 0.3) is 0 Å². The molecule has 0 amide bonds. The van der Waals surface area contributed by atoms with Crippen molar-refractivity contribution in [1.82, 2.24) is 0 Å². The molecule has 0 N–H and O–H groups in total. The summed E-state index contributed by atoms with van der Waals surface area (Å²) in [5.74, 6) is 0.885. The first kappa shape index (κ1) is 41.6. The van der Waals surface area contributed by atoms with Crippen molar-refractivity contribution in [3.63, 3.8) is 0 Å². The van der Waals surface area contributed by atoms with Gasteiger partial charge >= 0.3 is 325 Å². The fraction of sp³-hybridized carbons (Fsp3) is 0.471. The Labute approximate surface area is 347 Å². The topological polar surface area (TPSA) is 0 Å². The molecule has 0 aliphatic heterocycles. The first-order valence-electron chi connectivity index (χ1n) is 20.0. The normalized spacial score (nSPS) is 41.4. The number of allylic oxidation sites excluding steroid dienone is 16. The van der Waals surface area contributed by atoms with Gasteiger partial charge in [-0.2, -0.15) is 0 Å². The zero-order valence-electron chi connectivity index (χ0n) is 35.0. The maximum absolute atomic E-state index is 2.90. The molecule has 10 atom stereocenters. The van der Waals surface area contributed by atoms with Gasteiger partial charge in [0.1, 0.15) is 0 Å². The van der Waals surface area contributed by atoms with Crippen LogP contribution >= 0.6 is 0 Å². The predicted molar refractivity (Wildman–Crippen MR) is 222 cm³/mol. The van der Waals surface area contributed by atoms with Gasteiger partial charge < -0.3 is 24.8 Å². The molecule has 2 aromatic rings. The molecular weight excluding hydrogens is 775 g/mol. The Hall–Kier alpha value is -2.05. The molecule has 10 unspecified atom stereocenters. The minimum Gasteiger partial charge on any atom is -1.00 e. The second-order valence-electron chi connectivity index (χ2n) is 19.9. The molecule has 3 heteroatoms.